The second-order valence-electron chi connectivity index (χ2n) is 2.77. The first-order valence-electron chi connectivity index (χ1n) is 4.18. The molecule has 0 aromatic heterocycles. The molecular formula is C10H10Br2ClN. The Morgan fingerprint density at radius 2 is 2.14 bits per heavy atom. The van der Waals surface area contributed by atoms with Gasteiger partial charge in [-0.2, -0.15) is 0 Å². The lowest BCUT2D eigenvalue weighted by Gasteiger charge is -2.00. The zero-order valence-electron chi connectivity index (χ0n) is 7.46. The molecule has 1 aromatic rings. The van der Waals surface area contributed by atoms with Gasteiger partial charge >= 0.3 is 0 Å². The standard InChI is InChI=1S/C10H10Br2ClN/c11-5-9(12)7-14-6-8-3-1-2-4-10(8)13/h1-4,6,9H,5,7H2. The van der Waals surface area contributed by atoms with Crippen molar-refractivity contribution < 1.29 is 0 Å². The third kappa shape index (κ3) is 4.11. The van der Waals surface area contributed by atoms with Crippen LogP contribution in [0.3, 0.4) is 0 Å². The van der Waals surface area contributed by atoms with E-state index in [2.05, 4.69) is 36.9 Å². The monoisotopic (exact) mass is 337 g/mol. The van der Waals surface area contributed by atoms with Gasteiger partial charge < -0.3 is 0 Å². The zero-order valence-corrected chi connectivity index (χ0v) is 11.4. The number of benzene rings is 1. The highest BCUT2D eigenvalue weighted by molar-refractivity contribution is 9.12. The summed E-state index contributed by atoms with van der Waals surface area (Å²) in [7, 11) is 0. The second kappa shape index (κ2) is 6.59. The van der Waals surface area contributed by atoms with Crippen molar-refractivity contribution in [1.82, 2.24) is 0 Å². The van der Waals surface area contributed by atoms with Crippen molar-refractivity contribution in [3.05, 3.63) is 34.9 Å². The first-order valence-corrected chi connectivity index (χ1v) is 6.60. The van der Waals surface area contributed by atoms with Crippen molar-refractivity contribution >= 4 is 49.7 Å². The van der Waals surface area contributed by atoms with Crippen LogP contribution in [0.2, 0.25) is 5.02 Å². The van der Waals surface area contributed by atoms with Crippen LogP contribution in [0.4, 0.5) is 0 Å². The van der Waals surface area contributed by atoms with E-state index in [1.165, 1.54) is 0 Å². The number of hydrogen-bond donors (Lipinski definition) is 0. The average Bonchev–Trinajstić information content (AvgIpc) is 2.20. The van der Waals surface area contributed by atoms with E-state index in [-0.39, 0.29) is 0 Å². The van der Waals surface area contributed by atoms with Crippen LogP contribution in [0.1, 0.15) is 5.56 Å². The van der Waals surface area contributed by atoms with E-state index in [0.29, 0.717) is 4.83 Å². The van der Waals surface area contributed by atoms with Gasteiger partial charge in [-0.25, -0.2) is 0 Å². The van der Waals surface area contributed by atoms with E-state index in [9.17, 15) is 0 Å². The molecule has 0 aliphatic heterocycles. The smallest absolute Gasteiger partial charge is 0.0523 e. The molecule has 0 heterocycles. The third-order valence-electron chi connectivity index (χ3n) is 1.61. The molecule has 0 saturated heterocycles. The summed E-state index contributed by atoms with van der Waals surface area (Å²) in [6, 6.07) is 7.66. The van der Waals surface area contributed by atoms with Gasteiger partial charge in [0.15, 0.2) is 0 Å². The van der Waals surface area contributed by atoms with Gasteiger partial charge in [-0.05, 0) is 6.07 Å². The van der Waals surface area contributed by atoms with E-state index in [4.69, 9.17) is 11.6 Å². The molecule has 76 valence electrons. The van der Waals surface area contributed by atoms with Crippen molar-refractivity contribution in [3.63, 3.8) is 0 Å². The molecule has 0 fully saturated rings. The van der Waals surface area contributed by atoms with Crippen LogP contribution >= 0.6 is 43.5 Å². The van der Waals surface area contributed by atoms with E-state index in [1.807, 2.05) is 24.3 Å². The maximum Gasteiger partial charge on any atom is 0.0523 e. The third-order valence-corrected chi connectivity index (χ3v) is 4.21. The minimum atomic E-state index is 0.376. The minimum absolute atomic E-state index is 0.376. The van der Waals surface area contributed by atoms with Gasteiger partial charge in [-0.1, -0.05) is 61.7 Å². The van der Waals surface area contributed by atoms with Crippen LogP contribution in [0.5, 0.6) is 0 Å². The lowest BCUT2D eigenvalue weighted by Crippen LogP contribution is -2.03. The van der Waals surface area contributed by atoms with E-state index >= 15 is 0 Å². The Hall–Kier alpha value is 0.140. The summed E-state index contributed by atoms with van der Waals surface area (Å²) < 4.78 is 0. The number of aliphatic imine (C=N–C) groups is 1. The Morgan fingerprint density at radius 1 is 1.43 bits per heavy atom. The molecule has 1 nitrogen and oxygen atoms in total. The number of halogens is 3. The van der Waals surface area contributed by atoms with Crippen LogP contribution in [0.25, 0.3) is 0 Å². The van der Waals surface area contributed by atoms with Gasteiger partial charge in [0, 0.05) is 27.0 Å². The topological polar surface area (TPSA) is 12.4 Å². The highest BCUT2D eigenvalue weighted by atomic mass is 79.9. The predicted octanol–water partition coefficient (Wildman–Crippen LogP) is 3.92. The Kier molecular flexibility index (Phi) is 5.75. The maximum atomic E-state index is 5.96. The van der Waals surface area contributed by atoms with E-state index in [1.54, 1.807) is 6.21 Å². The molecule has 0 aliphatic carbocycles. The Balaban J connectivity index is 2.56. The van der Waals surface area contributed by atoms with Crippen LogP contribution in [0, 0.1) is 0 Å². The number of rotatable bonds is 4. The summed E-state index contributed by atoms with van der Waals surface area (Å²) in [5.74, 6) is 0. The highest BCUT2D eigenvalue weighted by Crippen LogP contribution is 2.12. The normalized spacial score (nSPS) is 13.4. The molecule has 0 bridgehead atoms. The van der Waals surface area contributed by atoms with Gasteiger partial charge in [0.25, 0.3) is 0 Å². The van der Waals surface area contributed by atoms with Gasteiger partial charge in [0.1, 0.15) is 0 Å². The predicted molar refractivity (Wildman–Crippen MR) is 70.4 cm³/mol. The van der Waals surface area contributed by atoms with Crippen LogP contribution in [0.15, 0.2) is 29.3 Å². The molecule has 0 spiro atoms. The molecule has 14 heavy (non-hydrogen) atoms. The van der Waals surface area contributed by atoms with Gasteiger partial charge in [-0.15, -0.1) is 0 Å². The fraction of sp³-hybridized carbons (Fsp3) is 0.300. The minimum Gasteiger partial charge on any atom is -0.291 e. The van der Waals surface area contributed by atoms with Crippen molar-refractivity contribution in [1.29, 1.82) is 0 Å². The van der Waals surface area contributed by atoms with Crippen LogP contribution in [-0.4, -0.2) is 22.9 Å². The van der Waals surface area contributed by atoms with Crippen molar-refractivity contribution in [2.75, 3.05) is 11.9 Å². The molecule has 4 heteroatoms. The molecule has 0 aliphatic rings. The number of hydrogen-bond acceptors (Lipinski definition) is 1. The van der Waals surface area contributed by atoms with E-state index < -0.39 is 0 Å². The fourth-order valence-electron chi connectivity index (χ4n) is 0.894. The summed E-state index contributed by atoms with van der Waals surface area (Å²) in [5.41, 5.74) is 0.962. The summed E-state index contributed by atoms with van der Waals surface area (Å²) in [4.78, 5) is 4.66. The lowest BCUT2D eigenvalue weighted by atomic mass is 10.2. The number of nitrogens with zero attached hydrogens (tertiary/aromatic N) is 1. The first kappa shape index (κ1) is 12.2. The summed E-state index contributed by atoms with van der Waals surface area (Å²) in [5, 5.41) is 1.63. The summed E-state index contributed by atoms with van der Waals surface area (Å²) >= 11 is 12.8. The van der Waals surface area contributed by atoms with Gasteiger partial charge in [0.05, 0.1) is 6.54 Å². The largest absolute Gasteiger partial charge is 0.291 e. The van der Waals surface area contributed by atoms with E-state index in [0.717, 1.165) is 22.5 Å². The quantitative estimate of drug-likeness (QED) is 0.582. The van der Waals surface area contributed by atoms with Gasteiger partial charge in [0.2, 0.25) is 0 Å². The van der Waals surface area contributed by atoms with Crippen molar-refractivity contribution in [2.24, 2.45) is 4.99 Å². The molecule has 1 aromatic carbocycles. The molecule has 1 rings (SSSR count). The molecule has 0 amide bonds. The Bertz CT molecular complexity index is 315. The molecular weight excluding hydrogens is 329 g/mol. The van der Waals surface area contributed by atoms with Gasteiger partial charge in [-0.3, -0.25) is 4.99 Å². The molecule has 1 unspecified atom stereocenters. The first-order chi connectivity index (χ1) is 6.74. The average molecular weight is 339 g/mol. The molecule has 1 atom stereocenters. The number of alkyl halides is 2. The Labute approximate surface area is 106 Å². The molecule has 0 radical (unpaired) electrons. The highest BCUT2D eigenvalue weighted by Gasteiger charge is 1.98. The maximum absolute atomic E-state index is 5.96. The lowest BCUT2D eigenvalue weighted by molar-refractivity contribution is 0.989. The zero-order chi connectivity index (χ0) is 10.4. The van der Waals surface area contributed by atoms with Crippen molar-refractivity contribution in [3.8, 4) is 0 Å². The SMILES string of the molecule is Clc1ccccc1C=NCC(Br)CBr. The fourth-order valence-corrected chi connectivity index (χ4v) is 1.45. The summed E-state index contributed by atoms with van der Waals surface area (Å²) in [6.45, 7) is 0.747. The van der Waals surface area contributed by atoms with Crippen LogP contribution in [-0.2, 0) is 0 Å². The Morgan fingerprint density at radius 3 is 2.79 bits per heavy atom. The summed E-state index contributed by atoms with van der Waals surface area (Å²) in [6.07, 6.45) is 1.80. The molecule has 0 saturated carbocycles. The van der Waals surface area contributed by atoms with Crippen molar-refractivity contribution in [2.45, 2.75) is 4.83 Å². The molecule has 0 N–H and O–H groups in total. The second-order valence-corrected chi connectivity index (χ2v) is 5.12. The van der Waals surface area contributed by atoms with Crippen LogP contribution < -0.4 is 0 Å².